The molecule has 0 aliphatic carbocycles. The van der Waals surface area contributed by atoms with E-state index >= 15 is 0 Å². The first-order chi connectivity index (χ1) is 6.61. The van der Waals surface area contributed by atoms with Crippen LogP contribution in [0.1, 0.15) is 28.4 Å². The Bertz CT molecular complexity index is 361. The second-order valence-corrected chi connectivity index (χ2v) is 4.21. The van der Waals surface area contributed by atoms with Crippen molar-refractivity contribution < 1.29 is 9.90 Å². The van der Waals surface area contributed by atoms with Gasteiger partial charge in [-0.3, -0.25) is 0 Å². The average Bonchev–Trinajstić information content (AvgIpc) is 2.17. The largest absolute Gasteiger partial charge is 0.478 e. The van der Waals surface area contributed by atoms with Crippen LogP contribution in [0.4, 0.5) is 0 Å². The molecule has 1 aromatic carbocycles. The highest BCUT2D eigenvalue weighted by Gasteiger charge is 2.13. The third kappa shape index (κ3) is 2.17. The van der Waals surface area contributed by atoms with E-state index in [-0.39, 0.29) is 0 Å². The van der Waals surface area contributed by atoms with Gasteiger partial charge in [0.2, 0.25) is 0 Å². The van der Waals surface area contributed by atoms with Crippen LogP contribution in [-0.4, -0.2) is 11.1 Å². The molecule has 76 valence electrons. The number of carboxylic acids is 1. The zero-order valence-electron chi connectivity index (χ0n) is 7.68. The number of alkyl halides is 1. The molecule has 0 radical (unpaired) electrons. The smallest absolute Gasteiger partial charge is 0.336 e. The average molecular weight is 322 g/mol. The van der Waals surface area contributed by atoms with E-state index in [0.29, 0.717) is 12.0 Å². The number of carbonyl (C=O) groups is 1. The molecule has 14 heavy (non-hydrogen) atoms. The number of carboxylic acid groups (broad SMARTS) is 1. The molecule has 0 fully saturated rings. The Morgan fingerprint density at radius 2 is 2.14 bits per heavy atom. The Balaban J connectivity index is 3.35. The van der Waals surface area contributed by atoms with Gasteiger partial charge in [0.05, 0.1) is 5.56 Å². The molecule has 0 spiro atoms. The number of halogens is 2. The second kappa shape index (κ2) is 4.94. The third-order valence-corrected chi connectivity index (χ3v) is 3.64. The Labute approximate surface area is 99.6 Å². The van der Waals surface area contributed by atoms with Crippen LogP contribution in [0.15, 0.2) is 16.6 Å². The molecule has 0 aliphatic heterocycles. The first-order valence-electron chi connectivity index (χ1n) is 4.21. The van der Waals surface area contributed by atoms with Crippen molar-refractivity contribution in [2.24, 2.45) is 0 Å². The number of aromatic carboxylic acids is 1. The highest BCUT2D eigenvalue weighted by Crippen LogP contribution is 2.27. The van der Waals surface area contributed by atoms with E-state index in [2.05, 4.69) is 31.9 Å². The van der Waals surface area contributed by atoms with Gasteiger partial charge in [-0.2, -0.15) is 0 Å². The van der Waals surface area contributed by atoms with E-state index < -0.39 is 5.97 Å². The van der Waals surface area contributed by atoms with Crippen LogP contribution < -0.4 is 0 Å². The van der Waals surface area contributed by atoms with Crippen molar-refractivity contribution in [3.63, 3.8) is 0 Å². The summed E-state index contributed by atoms with van der Waals surface area (Å²) in [5.41, 5.74) is 2.31. The summed E-state index contributed by atoms with van der Waals surface area (Å²) in [7, 11) is 0. The van der Waals surface area contributed by atoms with Crippen molar-refractivity contribution in [1.29, 1.82) is 0 Å². The van der Waals surface area contributed by atoms with E-state index in [1.165, 1.54) is 0 Å². The van der Waals surface area contributed by atoms with Crippen LogP contribution in [0.2, 0.25) is 0 Å². The maximum absolute atomic E-state index is 10.9. The van der Waals surface area contributed by atoms with Crippen molar-refractivity contribution in [2.75, 3.05) is 0 Å². The minimum atomic E-state index is -0.872. The summed E-state index contributed by atoms with van der Waals surface area (Å²) >= 11 is 6.78. The lowest BCUT2D eigenvalue weighted by Gasteiger charge is -2.09. The Morgan fingerprint density at radius 1 is 1.50 bits per heavy atom. The van der Waals surface area contributed by atoms with Crippen LogP contribution in [0.25, 0.3) is 0 Å². The van der Waals surface area contributed by atoms with Crippen molar-refractivity contribution in [2.45, 2.75) is 18.7 Å². The maximum Gasteiger partial charge on any atom is 0.336 e. The minimum absolute atomic E-state index is 0.379. The van der Waals surface area contributed by atoms with Gasteiger partial charge in [0.15, 0.2) is 0 Å². The maximum atomic E-state index is 10.9. The molecule has 0 bridgehead atoms. The SMILES string of the molecule is CCc1c(C(=O)O)ccc(CBr)c1Br. The van der Waals surface area contributed by atoms with Gasteiger partial charge >= 0.3 is 5.97 Å². The fourth-order valence-electron chi connectivity index (χ4n) is 1.32. The van der Waals surface area contributed by atoms with Gasteiger partial charge in [-0.15, -0.1) is 0 Å². The van der Waals surface area contributed by atoms with Crippen LogP contribution >= 0.6 is 31.9 Å². The monoisotopic (exact) mass is 320 g/mol. The normalized spacial score (nSPS) is 10.2. The molecule has 1 N–H and O–H groups in total. The van der Waals surface area contributed by atoms with Gasteiger partial charge in [0.25, 0.3) is 0 Å². The van der Waals surface area contributed by atoms with Gasteiger partial charge in [0.1, 0.15) is 0 Å². The van der Waals surface area contributed by atoms with Crippen molar-refractivity contribution >= 4 is 37.8 Å². The predicted octanol–water partition coefficient (Wildman–Crippen LogP) is 3.60. The predicted molar refractivity (Wildman–Crippen MR) is 63.1 cm³/mol. The van der Waals surface area contributed by atoms with Crippen LogP contribution in [0, 0.1) is 0 Å². The molecule has 0 saturated carbocycles. The number of hydrogen-bond acceptors (Lipinski definition) is 1. The summed E-state index contributed by atoms with van der Waals surface area (Å²) < 4.78 is 0.900. The fraction of sp³-hybridized carbons (Fsp3) is 0.300. The highest BCUT2D eigenvalue weighted by molar-refractivity contribution is 9.10. The number of rotatable bonds is 3. The van der Waals surface area contributed by atoms with E-state index in [1.807, 2.05) is 13.0 Å². The molecule has 0 heterocycles. The summed E-state index contributed by atoms with van der Waals surface area (Å²) in [5.74, 6) is -0.872. The molecule has 0 aromatic heterocycles. The summed E-state index contributed by atoms with van der Waals surface area (Å²) in [4.78, 5) is 10.9. The van der Waals surface area contributed by atoms with Gasteiger partial charge in [-0.05, 0) is 23.6 Å². The number of hydrogen-bond donors (Lipinski definition) is 1. The quantitative estimate of drug-likeness (QED) is 0.864. The molecule has 0 atom stereocenters. The minimum Gasteiger partial charge on any atom is -0.478 e. The van der Waals surface area contributed by atoms with Crippen molar-refractivity contribution in [1.82, 2.24) is 0 Å². The first-order valence-corrected chi connectivity index (χ1v) is 6.12. The first kappa shape index (κ1) is 11.7. The molecule has 2 nitrogen and oxygen atoms in total. The topological polar surface area (TPSA) is 37.3 Å². The third-order valence-electron chi connectivity index (χ3n) is 2.05. The lowest BCUT2D eigenvalue weighted by molar-refractivity contribution is 0.0695. The highest BCUT2D eigenvalue weighted by atomic mass is 79.9. The van der Waals surface area contributed by atoms with Crippen molar-refractivity contribution in [3.8, 4) is 0 Å². The molecule has 0 unspecified atom stereocenters. The van der Waals surface area contributed by atoms with Gasteiger partial charge in [-0.25, -0.2) is 4.79 Å². The van der Waals surface area contributed by atoms with Gasteiger partial charge in [0, 0.05) is 9.80 Å². The lowest BCUT2D eigenvalue weighted by Crippen LogP contribution is -2.03. The lowest BCUT2D eigenvalue weighted by atomic mass is 10.0. The summed E-state index contributed by atoms with van der Waals surface area (Å²) in [5, 5.41) is 9.67. The van der Waals surface area contributed by atoms with E-state index in [4.69, 9.17) is 5.11 Å². The van der Waals surface area contributed by atoms with E-state index in [0.717, 1.165) is 20.9 Å². The van der Waals surface area contributed by atoms with Gasteiger partial charge < -0.3 is 5.11 Å². The molecular formula is C10H10Br2O2. The second-order valence-electron chi connectivity index (χ2n) is 2.86. The molecular weight excluding hydrogens is 312 g/mol. The van der Waals surface area contributed by atoms with Crippen LogP contribution in [-0.2, 0) is 11.8 Å². The Morgan fingerprint density at radius 3 is 2.57 bits per heavy atom. The molecule has 0 amide bonds. The van der Waals surface area contributed by atoms with Crippen LogP contribution in [0.3, 0.4) is 0 Å². The zero-order valence-corrected chi connectivity index (χ0v) is 10.9. The summed E-state index contributed by atoms with van der Waals surface area (Å²) in [6, 6.07) is 3.48. The molecule has 1 rings (SSSR count). The fourth-order valence-corrected chi connectivity index (χ4v) is 2.93. The van der Waals surface area contributed by atoms with E-state index in [1.54, 1.807) is 6.07 Å². The molecule has 4 heteroatoms. The molecule has 1 aromatic rings. The zero-order chi connectivity index (χ0) is 10.7. The summed E-state index contributed by atoms with van der Waals surface area (Å²) in [6.07, 6.45) is 0.711. The Kier molecular flexibility index (Phi) is 4.13. The standard InChI is InChI=1S/C10H10Br2O2/c1-2-7-8(10(13)14)4-3-6(5-11)9(7)12/h3-4H,2,5H2,1H3,(H,13,14). The number of benzene rings is 1. The molecule has 0 saturated heterocycles. The van der Waals surface area contributed by atoms with Gasteiger partial charge in [-0.1, -0.05) is 44.8 Å². The molecule has 0 aliphatic rings. The Hall–Kier alpha value is -0.350. The summed E-state index contributed by atoms with van der Waals surface area (Å²) in [6.45, 7) is 1.95. The van der Waals surface area contributed by atoms with E-state index in [9.17, 15) is 4.79 Å². The van der Waals surface area contributed by atoms with Crippen LogP contribution in [0.5, 0.6) is 0 Å². The van der Waals surface area contributed by atoms with Crippen molar-refractivity contribution in [3.05, 3.63) is 33.3 Å².